The summed E-state index contributed by atoms with van der Waals surface area (Å²) in [5, 5.41) is 2.57. The van der Waals surface area contributed by atoms with Crippen molar-refractivity contribution in [2.24, 2.45) is 5.73 Å². The highest BCUT2D eigenvalue weighted by Gasteiger charge is 2.41. The van der Waals surface area contributed by atoms with Crippen molar-refractivity contribution in [2.45, 2.75) is 59.1 Å². The van der Waals surface area contributed by atoms with E-state index in [9.17, 15) is 4.79 Å². The normalized spacial score (nSPS) is 13.2. The number of nitrogens with one attached hydrogen (secondary N) is 1. The molecule has 3 N–H and O–H groups in total. The summed E-state index contributed by atoms with van der Waals surface area (Å²) >= 11 is 0. The first-order valence-corrected chi connectivity index (χ1v) is 9.41. The minimum Gasteiger partial charge on any atom is -0.374 e. The molecule has 0 radical (unpaired) electrons. The van der Waals surface area contributed by atoms with Crippen LogP contribution in [0.25, 0.3) is 0 Å². The van der Waals surface area contributed by atoms with E-state index in [1.807, 2.05) is 20.8 Å². The van der Waals surface area contributed by atoms with Gasteiger partial charge in [-0.15, -0.1) is 0 Å². The van der Waals surface area contributed by atoms with Gasteiger partial charge in [-0.3, -0.25) is 0 Å². The fourth-order valence-electron chi connectivity index (χ4n) is 2.03. The molecule has 0 aromatic rings. The van der Waals surface area contributed by atoms with Crippen molar-refractivity contribution in [2.75, 3.05) is 19.8 Å². The number of nitrogens with two attached hydrogens (primary N) is 1. The van der Waals surface area contributed by atoms with Gasteiger partial charge in [0.05, 0.1) is 0 Å². The summed E-state index contributed by atoms with van der Waals surface area (Å²) in [4.78, 5) is 10.6. The number of carbonyl (C=O) groups is 1. The van der Waals surface area contributed by atoms with E-state index >= 15 is 0 Å². The van der Waals surface area contributed by atoms with Gasteiger partial charge >= 0.3 is 14.8 Å². The standard InChI is InChI=1S/C13H30N2O4Si/c1-5-11-20(17-6-2,18-7-3)19-12(4)9-8-10-15-13(14)16/h12H,5-11H2,1-4H3,(H3,14,15,16). The molecule has 0 rings (SSSR count). The number of carbonyl (C=O) groups excluding carboxylic acids is 1. The quantitative estimate of drug-likeness (QED) is 0.428. The third-order valence-electron chi connectivity index (χ3n) is 2.75. The van der Waals surface area contributed by atoms with Crippen LogP contribution in [0.2, 0.25) is 6.04 Å². The molecule has 0 aliphatic carbocycles. The number of hydrogen-bond donors (Lipinski definition) is 2. The molecule has 0 spiro atoms. The molecule has 1 atom stereocenters. The third kappa shape index (κ3) is 8.52. The van der Waals surface area contributed by atoms with Gasteiger partial charge in [0.25, 0.3) is 0 Å². The zero-order chi connectivity index (χ0) is 15.4. The second-order valence-corrected chi connectivity index (χ2v) is 7.34. The molecular formula is C13H30N2O4Si. The molecular weight excluding hydrogens is 276 g/mol. The highest BCUT2D eigenvalue weighted by atomic mass is 28.4. The molecule has 2 amide bonds. The molecule has 1 unspecified atom stereocenters. The number of hydrogen-bond acceptors (Lipinski definition) is 4. The Morgan fingerprint density at radius 1 is 1.25 bits per heavy atom. The van der Waals surface area contributed by atoms with Crippen LogP contribution < -0.4 is 11.1 Å². The Kier molecular flexibility index (Phi) is 10.7. The average Bonchev–Trinajstić information content (AvgIpc) is 2.35. The van der Waals surface area contributed by atoms with Crippen LogP contribution in [0.4, 0.5) is 4.79 Å². The van der Waals surface area contributed by atoms with Gasteiger partial charge in [0, 0.05) is 31.9 Å². The highest BCUT2D eigenvalue weighted by Crippen LogP contribution is 2.21. The van der Waals surface area contributed by atoms with Crippen LogP contribution in [0.15, 0.2) is 0 Å². The van der Waals surface area contributed by atoms with Crippen LogP contribution in [0.5, 0.6) is 0 Å². The maximum Gasteiger partial charge on any atom is 0.501 e. The fraction of sp³-hybridized carbons (Fsp3) is 0.923. The summed E-state index contributed by atoms with van der Waals surface area (Å²) < 4.78 is 17.8. The van der Waals surface area contributed by atoms with Gasteiger partial charge in [0.1, 0.15) is 0 Å². The molecule has 0 aromatic carbocycles. The lowest BCUT2D eigenvalue weighted by atomic mass is 10.2. The predicted octanol–water partition coefficient (Wildman–Crippen LogP) is 2.26. The van der Waals surface area contributed by atoms with Crippen molar-refractivity contribution >= 4 is 14.8 Å². The van der Waals surface area contributed by atoms with Crippen molar-refractivity contribution in [1.29, 1.82) is 0 Å². The number of urea groups is 1. The van der Waals surface area contributed by atoms with E-state index in [0.29, 0.717) is 19.8 Å². The zero-order valence-corrected chi connectivity index (χ0v) is 14.2. The Labute approximate surface area is 123 Å². The van der Waals surface area contributed by atoms with Crippen molar-refractivity contribution in [3.63, 3.8) is 0 Å². The smallest absolute Gasteiger partial charge is 0.374 e. The molecule has 120 valence electrons. The Morgan fingerprint density at radius 2 is 1.85 bits per heavy atom. The Hall–Kier alpha value is -0.633. The molecule has 20 heavy (non-hydrogen) atoms. The second kappa shape index (κ2) is 11.1. The van der Waals surface area contributed by atoms with Crippen LogP contribution in [0.1, 0.15) is 47.0 Å². The van der Waals surface area contributed by atoms with Gasteiger partial charge in [-0.25, -0.2) is 4.79 Å². The zero-order valence-electron chi connectivity index (χ0n) is 13.2. The van der Waals surface area contributed by atoms with Crippen LogP contribution in [0.3, 0.4) is 0 Å². The molecule has 0 saturated heterocycles. The predicted molar refractivity (Wildman–Crippen MR) is 81.5 cm³/mol. The molecule has 0 aliphatic rings. The van der Waals surface area contributed by atoms with Gasteiger partial charge in [0.2, 0.25) is 0 Å². The molecule has 0 aliphatic heterocycles. The van der Waals surface area contributed by atoms with E-state index in [-0.39, 0.29) is 6.10 Å². The molecule has 6 nitrogen and oxygen atoms in total. The van der Waals surface area contributed by atoms with E-state index in [1.54, 1.807) is 0 Å². The first-order valence-electron chi connectivity index (χ1n) is 7.48. The van der Waals surface area contributed by atoms with Crippen molar-refractivity contribution < 1.29 is 18.1 Å². The maximum atomic E-state index is 10.6. The van der Waals surface area contributed by atoms with E-state index < -0.39 is 14.8 Å². The Morgan fingerprint density at radius 3 is 2.30 bits per heavy atom. The molecule has 0 heterocycles. The summed E-state index contributed by atoms with van der Waals surface area (Å²) in [6, 6.07) is 0.343. The highest BCUT2D eigenvalue weighted by molar-refractivity contribution is 6.60. The molecule has 0 saturated carbocycles. The largest absolute Gasteiger partial charge is 0.501 e. The lowest BCUT2D eigenvalue weighted by Gasteiger charge is -2.31. The molecule has 7 heteroatoms. The minimum absolute atomic E-state index is 0.0426. The van der Waals surface area contributed by atoms with Crippen molar-refractivity contribution in [3.05, 3.63) is 0 Å². The number of rotatable bonds is 12. The fourth-order valence-corrected chi connectivity index (χ4v) is 4.87. The lowest BCUT2D eigenvalue weighted by Crippen LogP contribution is -2.48. The molecule has 0 bridgehead atoms. The summed E-state index contributed by atoms with van der Waals surface area (Å²) in [6.45, 7) is 9.80. The van der Waals surface area contributed by atoms with E-state index in [4.69, 9.17) is 19.0 Å². The van der Waals surface area contributed by atoms with Crippen LogP contribution >= 0.6 is 0 Å². The van der Waals surface area contributed by atoms with Crippen LogP contribution in [0, 0.1) is 0 Å². The summed E-state index contributed by atoms with van der Waals surface area (Å²) in [7, 11) is -2.55. The minimum atomic E-state index is -2.55. The Bertz CT molecular complexity index is 250. The topological polar surface area (TPSA) is 82.8 Å². The lowest BCUT2D eigenvalue weighted by molar-refractivity contribution is 0.0349. The van der Waals surface area contributed by atoms with Crippen LogP contribution in [-0.4, -0.2) is 40.7 Å². The van der Waals surface area contributed by atoms with E-state index in [2.05, 4.69) is 12.2 Å². The summed E-state index contributed by atoms with van der Waals surface area (Å²) in [6.07, 6.45) is 2.67. The summed E-state index contributed by atoms with van der Waals surface area (Å²) in [5.41, 5.74) is 5.02. The number of primary amides is 1. The molecule has 0 fully saturated rings. The van der Waals surface area contributed by atoms with Crippen molar-refractivity contribution in [1.82, 2.24) is 5.32 Å². The SMILES string of the molecule is CCC[Si](OCC)(OCC)OC(C)CCCNC(N)=O. The molecule has 0 aromatic heterocycles. The van der Waals surface area contributed by atoms with Gasteiger partial charge in [-0.2, -0.15) is 0 Å². The number of amides is 2. The van der Waals surface area contributed by atoms with Gasteiger partial charge in [-0.1, -0.05) is 13.3 Å². The van der Waals surface area contributed by atoms with E-state index in [1.165, 1.54) is 0 Å². The average molecular weight is 306 g/mol. The Balaban J connectivity index is 4.28. The first-order chi connectivity index (χ1) is 9.49. The monoisotopic (exact) mass is 306 g/mol. The van der Waals surface area contributed by atoms with Crippen LogP contribution in [-0.2, 0) is 13.3 Å². The first kappa shape index (κ1) is 19.4. The van der Waals surface area contributed by atoms with Crippen molar-refractivity contribution in [3.8, 4) is 0 Å². The van der Waals surface area contributed by atoms with E-state index in [0.717, 1.165) is 25.3 Å². The van der Waals surface area contributed by atoms with Gasteiger partial charge in [-0.05, 0) is 33.6 Å². The summed E-state index contributed by atoms with van der Waals surface area (Å²) in [5.74, 6) is 0. The second-order valence-electron chi connectivity index (χ2n) is 4.66. The van der Waals surface area contributed by atoms with Gasteiger partial charge < -0.3 is 24.3 Å². The maximum absolute atomic E-state index is 10.6. The van der Waals surface area contributed by atoms with Gasteiger partial charge in [0.15, 0.2) is 0 Å². The third-order valence-corrected chi connectivity index (χ3v) is 6.08.